The molecule has 0 saturated carbocycles. The maximum absolute atomic E-state index is 10.9. The topological polar surface area (TPSA) is 76.4 Å². The summed E-state index contributed by atoms with van der Waals surface area (Å²) in [6, 6.07) is -0.358. The monoisotopic (exact) mass is 173 g/mol. The quantitative estimate of drug-likeness (QED) is 0.290. The van der Waals surface area contributed by atoms with E-state index in [-0.39, 0.29) is 11.6 Å². The number of hydrogen-bond acceptors (Lipinski definition) is 3. The molecular formula is C7H15N3O2. The summed E-state index contributed by atoms with van der Waals surface area (Å²) in [5, 5.41) is 2.74. The lowest BCUT2D eigenvalue weighted by atomic mass is 9.95. The lowest BCUT2D eigenvalue weighted by Gasteiger charge is -2.33. The van der Waals surface area contributed by atoms with Crippen LogP contribution in [0.25, 0.3) is 0 Å². The lowest BCUT2D eigenvalue weighted by Crippen LogP contribution is -2.55. The van der Waals surface area contributed by atoms with Gasteiger partial charge in [-0.05, 0) is 19.8 Å². The van der Waals surface area contributed by atoms with Gasteiger partial charge in [-0.2, -0.15) is 0 Å². The number of ether oxygens (including phenoxy) is 1. The molecule has 1 fully saturated rings. The molecule has 1 aliphatic heterocycles. The number of rotatable bonds is 1. The summed E-state index contributed by atoms with van der Waals surface area (Å²) >= 11 is 0. The van der Waals surface area contributed by atoms with Crippen LogP contribution in [-0.4, -0.2) is 24.8 Å². The Morgan fingerprint density at radius 1 is 1.67 bits per heavy atom. The van der Waals surface area contributed by atoms with Gasteiger partial charge in [0.05, 0.1) is 12.1 Å². The van der Waals surface area contributed by atoms with Crippen LogP contribution in [0.2, 0.25) is 0 Å². The third-order valence-electron chi connectivity index (χ3n) is 1.98. The Morgan fingerprint density at radius 2 is 2.42 bits per heavy atom. The van der Waals surface area contributed by atoms with Crippen molar-refractivity contribution >= 4 is 6.03 Å². The summed E-state index contributed by atoms with van der Waals surface area (Å²) in [7, 11) is 0. The summed E-state index contributed by atoms with van der Waals surface area (Å²) in [6.07, 6.45) is 1.90. The van der Waals surface area contributed by atoms with Gasteiger partial charge in [0, 0.05) is 6.61 Å². The van der Waals surface area contributed by atoms with Gasteiger partial charge in [-0.15, -0.1) is 0 Å². The smallest absolute Gasteiger partial charge is 0.329 e. The molecule has 0 spiro atoms. The molecule has 70 valence electrons. The molecule has 1 saturated heterocycles. The number of nitrogens with two attached hydrogens (primary N) is 1. The minimum Gasteiger partial charge on any atom is -0.379 e. The predicted molar refractivity (Wildman–Crippen MR) is 44.3 cm³/mol. The third kappa shape index (κ3) is 2.35. The highest BCUT2D eigenvalue weighted by molar-refractivity contribution is 5.74. The Labute approximate surface area is 71.6 Å². The molecule has 0 radical (unpaired) electrons. The van der Waals surface area contributed by atoms with Crippen molar-refractivity contribution in [3.63, 3.8) is 0 Å². The lowest BCUT2D eigenvalue weighted by molar-refractivity contribution is 0.0333. The van der Waals surface area contributed by atoms with Crippen LogP contribution in [0.15, 0.2) is 0 Å². The van der Waals surface area contributed by atoms with Gasteiger partial charge in [-0.25, -0.2) is 10.6 Å². The van der Waals surface area contributed by atoms with E-state index < -0.39 is 0 Å². The Bertz CT molecular complexity index is 166. The second kappa shape index (κ2) is 3.73. The van der Waals surface area contributed by atoms with Crippen molar-refractivity contribution in [3.8, 4) is 0 Å². The standard InChI is InChI=1S/C7H15N3O2/c1-7(9-6(11)10-8)3-2-4-12-5-7/h2-5,8H2,1H3,(H2,9,10,11). The third-order valence-corrected chi connectivity index (χ3v) is 1.98. The predicted octanol–water partition coefficient (Wildman–Crippen LogP) is -0.272. The fraction of sp³-hybridized carbons (Fsp3) is 0.857. The average molecular weight is 173 g/mol. The molecule has 12 heavy (non-hydrogen) atoms. The maximum Gasteiger partial charge on any atom is 0.329 e. The molecule has 0 aromatic rings. The molecule has 0 aromatic carbocycles. The van der Waals surface area contributed by atoms with Gasteiger partial charge >= 0.3 is 6.03 Å². The maximum atomic E-state index is 10.9. The zero-order chi connectivity index (χ0) is 9.03. The number of urea groups is 1. The molecule has 5 nitrogen and oxygen atoms in total. The van der Waals surface area contributed by atoms with Crippen molar-refractivity contribution in [2.75, 3.05) is 13.2 Å². The first kappa shape index (κ1) is 9.28. The highest BCUT2D eigenvalue weighted by atomic mass is 16.5. The van der Waals surface area contributed by atoms with Gasteiger partial charge in [-0.3, -0.25) is 5.43 Å². The normalized spacial score (nSPS) is 29.5. The molecule has 5 heteroatoms. The van der Waals surface area contributed by atoms with Gasteiger partial charge in [0.2, 0.25) is 0 Å². The zero-order valence-electron chi connectivity index (χ0n) is 7.22. The van der Waals surface area contributed by atoms with Gasteiger partial charge in [0.1, 0.15) is 0 Å². The molecule has 0 aromatic heterocycles. The van der Waals surface area contributed by atoms with E-state index in [0.717, 1.165) is 19.4 Å². The molecule has 1 rings (SSSR count). The first-order valence-corrected chi connectivity index (χ1v) is 4.03. The summed E-state index contributed by atoms with van der Waals surface area (Å²) in [5.41, 5.74) is 1.77. The van der Waals surface area contributed by atoms with E-state index in [1.54, 1.807) is 0 Å². The highest BCUT2D eigenvalue weighted by Gasteiger charge is 2.28. The van der Waals surface area contributed by atoms with Crippen LogP contribution in [0.1, 0.15) is 19.8 Å². The summed E-state index contributed by atoms with van der Waals surface area (Å²) < 4.78 is 5.25. The SMILES string of the molecule is CC1(NC(=O)NN)CCCOC1. The first-order valence-electron chi connectivity index (χ1n) is 4.03. The molecular weight excluding hydrogens is 158 g/mol. The van der Waals surface area contributed by atoms with Crippen LogP contribution in [0.5, 0.6) is 0 Å². The Hall–Kier alpha value is -0.810. The van der Waals surface area contributed by atoms with E-state index in [9.17, 15) is 4.79 Å². The summed E-state index contributed by atoms with van der Waals surface area (Å²) in [4.78, 5) is 10.9. The zero-order valence-corrected chi connectivity index (χ0v) is 7.22. The van der Waals surface area contributed by atoms with Crippen LogP contribution in [-0.2, 0) is 4.74 Å². The van der Waals surface area contributed by atoms with Gasteiger partial charge < -0.3 is 10.1 Å². The number of carbonyl (C=O) groups excluding carboxylic acids is 1. The van der Waals surface area contributed by atoms with Crippen molar-refractivity contribution in [1.82, 2.24) is 10.7 Å². The van der Waals surface area contributed by atoms with Gasteiger partial charge in [0.25, 0.3) is 0 Å². The van der Waals surface area contributed by atoms with Crippen LogP contribution < -0.4 is 16.6 Å². The molecule has 0 bridgehead atoms. The van der Waals surface area contributed by atoms with Crippen LogP contribution in [0, 0.1) is 0 Å². The van der Waals surface area contributed by atoms with E-state index >= 15 is 0 Å². The fourth-order valence-corrected chi connectivity index (χ4v) is 1.34. The Kier molecular flexibility index (Phi) is 2.88. The number of hydrogen-bond donors (Lipinski definition) is 3. The number of hydrazine groups is 1. The molecule has 1 unspecified atom stereocenters. The molecule has 2 amide bonds. The summed E-state index contributed by atoms with van der Waals surface area (Å²) in [6.45, 7) is 3.28. The first-order chi connectivity index (χ1) is 5.66. The molecule has 1 atom stereocenters. The van der Waals surface area contributed by atoms with Crippen molar-refractivity contribution in [1.29, 1.82) is 0 Å². The number of nitrogens with one attached hydrogen (secondary N) is 2. The van der Waals surface area contributed by atoms with Crippen molar-refractivity contribution in [2.24, 2.45) is 5.84 Å². The van der Waals surface area contributed by atoms with Crippen molar-refractivity contribution in [3.05, 3.63) is 0 Å². The van der Waals surface area contributed by atoms with E-state index in [1.807, 2.05) is 12.3 Å². The van der Waals surface area contributed by atoms with Crippen molar-refractivity contribution < 1.29 is 9.53 Å². The second-order valence-electron chi connectivity index (χ2n) is 3.32. The van der Waals surface area contributed by atoms with E-state index in [0.29, 0.717) is 6.61 Å². The molecule has 1 aliphatic rings. The van der Waals surface area contributed by atoms with Gasteiger partial charge in [-0.1, -0.05) is 0 Å². The van der Waals surface area contributed by atoms with Crippen LogP contribution >= 0.6 is 0 Å². The number of carbonyl (C=O) groups is 1. The van der Waals surface area contributed by atoms with E-state index in [2.05, 4.69) is 5.32 Å². The molecule has 0 aliphatic carbocycles. The number of amides is 2. The van der Waals surface area contributed by atoms with Crippen molar-refractivity contribution in [2.45, 2.75) is 25.3 Å². The second-order valence-corrected chi connectivity index (χ2v) is 3.32. The van der Waals surface area contributed by atoms with Crippen LogP contribution in [0.3, 0.4) is 0 Å². The molecule has 4 N–H and O–H groups in total. The minimum absolute atomic E-state index is 0.262. The minimum atomic E-state index is -0.358. The fourth-order valence-electron chi connectivity index (χ4n) is 1.34. The summed E-state index contributed by atoms with van der Waals surface area (Å²) in [5.74, 6) is 4.95. The van der Waals surface area contributed by atoms with E-state index in [4.69, 9.17) is 10.6 Å². The van der Waals surface area contributed by atoms with Gasteiger partial charge in [0.15, 0.2) is 0 Å². The average Bonchev–Trinajstić information content (AvgIpc) is 2.05. The van der Waals surface area contributed by atoms with Crippen LogP contribution in [0.4, 0.5) is 4.79 Å². The Morgan fingerprint density at radius 3 is 2.92 bits per heavy atom. The largest absolute Gasteiger partial charge is 0.379 e. The van der Waals surface area contributed by atoms with E-state index in [1.165, 1.54) is 0 Å². The molecule has 1 heterocycles. The Balaban J connectivity index is 2.41. The highest BCUT2D eigenvalue weighted by Crippen LogP contribution is 2.17.